The molecule has 3 rings (SSSR count). The number of rotatable bonds is 8. The zero-order valence-electron chi connectivity index (χ0n) is 15.7. The number of nitrogens with one attached hydrogen (secondary N) is 1. The van der Waals surface area contributed by atoms with Crippen molar-refractivity contribution in [3.05, 3.63) is 70.8 Å². The Labute approximate surface area is 177 Å². The van der Waals surface area contributed by atoms with Gasteiger partial charge in [-0.1, -0.05) is 65.1 Å². The van der Waals surface area contributed by atoms with E-state index in [4.69, 9.17) is 5.26 Å². The Balaban J connectivity index is 1.45. The average molecular weight is 423 g/mol. The summed E-state index contributed by atoms with van der Waals surface area (Å²) in [5.41, 5.74) is 3.40. The van der Waals surface area contributed by atoms with Gasteiger partial charge in [-0.3, -0.25) is 9.59 Å². The molecular weight excluding hydrogens is 404 g/mol. The Hall–Kier alpha value is -3.02. The van der Waals surface area contributed by atoms with Crippen molar-refractivity contribution in [2.75, 3.05) is 5.32 Å². The van der Waals surface area contributed by atoms with E-state index in [2.05, 4.69) is 21.6 Å². The van der Waals surface area contributed by atoms with Gasteiger partial charge >= 0.3 is 0 Å². The van der Waals surface area contributed by atoms with Crippen LogP contribution in [0.5, 0.6) is 0 Å². The Kier molecular flexibility index (Phi) is 7.11. The molecule has 0 aliphatic carbocycles. The van der Waals surface area contributed by atoms with Crippen LogP contribution in [0.15, 0.2) is 52.9 Å². The fraction of sp³-hybridized carbons (Fsp3) is 0.190. The van der Waals surface area contributed by atoms with Gasteiger partial charge in [0, 0.05) is 24.2 Å². The fourth-order valence-electron chi connectivity index (χ4n) is 2.43. The molecule has 0 saturated heterocycles. The number of amides is 1. The zero-order chi connectivity index (χ0) is 20.6. The van der Waals surface area contributed by atoms with Crippen LogP contribution in [-0.2, 0) is 10.5 Å². The molecule has 2 aromatic carbocycles. The van der Waals surface area contributed by atoms with Crippen LogP contribution in [0.4, 0.5) is 5.13 Å². The van der Waals surface area contributed by atoms with E-state index in [9.17, 15) is 9.59 Å². The second-order valence-corrected chi connectivity index (χ2v) is 8.51. The van der Waals surface area contributed by atoms with Crippen molar-refractivity contribution in [1.29, 1.82) is 5.26 Å². The summed E-state index contributed by atoms with van der Waals surface area (Å²) in [4.78, 5) is 24.2. The Bertz CT molecular complexity index is 1040. The van der Waals surface area contributed by atoms with Gasteiger partial charge in [0.05, 0.1) is 11.6 Å². The van der Waals surface area contributed by atoms with E-state index in [0.29, 0.717) is 22.0 Å². The highest BCUT2D eigenvalue weighted by Crippen LogP contribution is 2.28. The second-order valence-electron chi connectivity index (χ2n) is 6.31. The number of hydrogen-bond acceptors (Lipinski definition) is 7. The highest BCUT2D eigenvalue weighted by Gasteiger charge is 2.12. The third-order valence-corrected chi connectivity index (χ3v) is 6.09. The van der Waals surface area contributed by atoms with Gasteiger partial charge in [0.1, 0.15) is 0 Å². The van der Waals surface area contributed by atoms with E-state index in [1.807, 2.05) is 31.2 Å². The number of benzene rings is 2. The minimum Gasteiger partial charge on any atom is -0.300 e. The van der Waals surface area contributed by atoms with Gasteiger partial charge in [0.25, 0.3) is 0 Å². The Morgan fingerprint density at radius 3 is 2.48 bits per heavy atom. The summed E-state index contributed by atoms with van der Waals surface area (Å²) in [6.45, 7) is 1.96. The largest absolute Gasteiger partial charge is 0.300 e. The van der Waals surface area contributed by atoms with Gasteiger partial charge in [-0.15, -0.1) is 10.2 Å². The number of carbonyl (C=O) groups excluding carboxylic acids is 2. The maximum absolute atomic E-state index is 12.2. The molecule has 8 heteroatoms. The highest BCUT2D eigenvalue weighted by molar-refractivity contribution is 8.00. The van der Waals surface area contributed by atoms with Crippen LogP contribution >= 0.6 is 23.1 Å². The first-order valence-electron chi connectivity index (χ1n) is 8.88. The molecule has 0 spiro atoms. The lowest BCUT2D eigenvalue weighted by Crippen LogP contribution is -2.13. The molecule has 1 aromatic heterocycles. The summed E-state index contributed by atoms with van der Waals surface area (Å²) in [6.07, 6.45) is 0.244. The Morgan fingerprint density at radius 1 is 1.07 bits per heavy atom. The van der Waals surface area contributed by atoms with Crippen molar-refractivity contribution < 1.29 is 9.59 Å². The predicted octanol–water partition coefficient (Wildman–Crippen LogP) is 4.61. The second kappa shape index (κ2) is 9.96. The molecule has 6 nitrogen and oxygen atoms in total. The maximum atomic E-state index is 12.2. The van der Waals surface area contributed by atoms with Gasteiger partial charge in [0.15, 0.2) is 10.1 Å². The first kappa shape index (κ1) is 20.7. The number of nitriles is 1. The average Bonchev–Trinajstić information content (AvgIpc) is 3.18. The van der Waals surface area contributed by atoms with Crippen LogP contribution in [0.25, 0.3) is 0 Å². The molecule has 0 unspecified atom stereocenters. The van der Waals surface area contributed by atoms with Crippen molar-refractivity contribution in [1.82, 2.24) is 10.2 Å². The molecule has 0 aliphatic heterocycles. The molecule has 0 atom stereocenters. The molecule has 0 aliphatic rings. The number of thioether (sulfide) groups is 1. The number of carbonyl (C=O) groups is 2. The molecule has 146 valence electrons. The van der Waals surface area contributed by atoms with Gasteiger partial charge in [-0.2, -0.15) is 5.26 Å². The number of ketones is 1. The van der Waals surface area contributed by atoms with Crippen molar-refractivity contribution in [3.63, 3.8) is 0 Å². The minimum absolute atomic E-state index is 0.0592. The first-order valence-corrected chi connectivity index (χ1v) is 10.7. The summed E-state index contributed by atoms with van der Waals surface area (Å²) in [5.74, 6) is 0.376. The quantitative estimate of drug-likeness (QED) is 0.323. The molecule has 1 amide bonds. The van der Waals surface area contributed by atoms with Gasteiger partial charge in [0.2, 0.25) is 11.0 Å². The lowest BCUT2D eigenvalue weighted by atomic mass is 10.1. The van der Waals surface area contributed by atoms with E-state index >= 15 is 0 Å². The van der Waals surface area contributed by atoms with E-state index < -0.39 is 0 Å². The molecule has 0 saturated carbocycles. The number of aryl methyl sites for hydroxylation is 1. The molecule has 0 bridgehead atoms. The van der Waals surface area contributed by atoms with E-state index in [1.54, 1.807) is 24.3 Å². The van der Waals surface area contributed by atoms with Crippen molar-refractivity contribution in [3.8, 4) is 6.07 Å². The molecule has 29 heavy (non-hydrogen) atoms. The van der Waals surface area contributed by atoms with Crippen LogP contribution in [0.3, 0.4) is 0 Å². The molecule has 3 aromatic rings. The molecule has 1 N–H and O–H groups in total. The topological polar surface area (TPSA) is 95.7 Å². The molecule has 0 radical (unpaired) electrons. The van der Waals surface area contributed by atoms with Crippen LogP contribution in [-0.4, -0.2) is 21.9 Å². The van der Waals surface area contributed by atoms with Gasteiger partial charge in [-0.25, -0.2) is 0 Å². The summed E-state index contributed by atoms with van der Waals surface area (Å²) in [6, 6.07) is 16.8. The lowest BCUT2D eigenvalue weighted by molar-refractivity contribution is -0.116. The third kappa shape index (κ3) is 6.24. The fourth-order valence-corrected chi connectivity index (χ4v) is 4.16. The molecular formula is C21H18N4O2S2. The first-order chi connectivity index (χ1) is 14.0. The van der Waals surface area contributed by atoms with Crippen molar-refractivity contribution in [2.45, 2.75) is 29.9 Å². The van der Waals surface area contributed by atoms with Crippen LogP contribution in [0.2, 0.25) is 0 Å². The highest BCUT2D eigenvalue weighted by atomic mass is 32.2. The summed E-state index contributed by atoms with van der Waals surface area (Å²) in [7, 11) is 0. The van der Waals surface area contributed by atoms with Crippen molar-refractivity contribution >= 4 is 39.9 Å². The summed E-state index contributed by atoms with van der Waals surface area (Å²) >= 11 is 2.80. The number of Topliss-reactive ketones (excluding diaryl/α,β-unsaturated/α-hetero) is 1. The Morgan fingerprint density at radius 2 is 1.79 bits per heavy atom. The van der Waals surface area contributed by atoms with Gasteiger partial charge < -0.3 is 5.32 Å². The van der Waals surface area contributed by atoms with E-state index in [1.165, 1.54) is 23.1 Å². The van der Waals surface area contributed by atoms with Crippen LogP contribution in [0.1, 0.15) is 39.9 Å². The SMILES string of the molecule is Cc1ccc(C(=O)CCC(=O)Nc2nnc(SCc3ccc(C#N)cc3)s2)cc1. The molecule has 1 heterocycles. The number of anilines is 1. The smallest absolute Gasteiger partial charge is 0.226 e. The zero-order valence-corrected chi connectivity index (χ0v) is 17.3. The number of aromatic nitrogens is 2. The standard InChI is InChI=1S/C21H18N4O2S2/c1-14-2-8-17(9-3-14)18(26)10-11-19(27)23-20-24-25-21(29-20)28-13-16-6-4-15(12-22)5-7-16/h2-9H,10-11,13H2,1H3,(H,23,24,27). The van der Waals surface area contributed by atoms with Crippen LogP contribution < -0.4 is 5.32 Å². The van der Waals surface area contributed by atoms with Gasteiger partial charge in [-0.05, 0) is 24.6 Å². The third-order valence-electron chi connectivity index (χ3n) is 4.05. The molecule has 0 fully saturated rings. The van der Waals surface area contributed by atoms with E-state index in [0.717, 1.165) is 15.5 Å². The summed E-state index contributed by atoms with van der Waals surface area (Å²) < 4.78 is 0.736. The van der Waals surface area contributed by atoms with E-state index in [-0.39, 0.29) is 24.5 Å². The number of nitrogens with zero attached hydrogens (tertiary/aromatic N) is 3. The maximum Gasteiger partial charge on any atom is 0.226 e. The van der Waals surface area contributed by atoms with Crippen LogP contribution in [0, 0.1) is 18.3 Å². The van der Waals surface area contributed by atoms with Crippen molar-refractivity contribution in [2.24, 2.45) is 0 Å². The monoisotopic (exact) mass is 422 g/mol. The normalized spacial score (nSPS) is 10.3. The summed E-state index contributed by atoms with van der Waals surface area (Å²) in [5, 5.41) is 20.0. The lowest BCUT2D eigenvalue weighted by Gasteiger charge is -2.02. The number of hydrogen-bond donors (Lipinski definition) is 1. The predicted molar refractivity (Wildman–Crippen MR) is 114 cm³/mol. The minimum atomic E-state index is -0.259.